The summed E-state index contributed by atoms with van der Waals surface area (Å²) in [5.41, 5.74) is 2.56. The Morgan fingerprint density at radius 2 is 1.93 bits per heavy atom. The van der Waals surface area contributed by atoms with Crippen molar-refractivity contribution in [1.82, 2.24) is 9.97 Å². The lowest BCUT2D eigenvalue weighted by Gasteiger charge is -2.20. The number of pyridine rings is 1. The van der Waals surface area contributed by atoms with Crippen LogP contribution in [0.3, 0.4) is 0 Å². The third kappa shape index (κ3) is 4.61. The molecule has 4 rings (SSSR count). The van der Waals surface area contributed by atoms with Crippen LogP contribution < -0.4 is 9.64 Å². The molecule has 0 radical (unpaired) electrons. The van der Waals surface area contributed by atoms with Gasteiger partial charge in [-0.15, -0.1) is 0 Å². The standard InChI is InChI=1S/C23H20ClN3O2S/c1-2-29-18-10-8-16(9-11-18)13-21(28)27(15-17-5-4-12-25-14-17)23-26-22-19(24)6-3-7-20(22)30-23/h3-12,14H,2,13,15H2,1H3. The van der Waals surface area contributed by atoms with Gasteiger partial charge in [0.05, 0.1) is 29.3 Å². The lowest BCUT2D eigenvalue weighted by Crippen LogP contribution is -2.31. The normalized spacial score (nSPS) is 10.9. The molecular weight excluding hydrogens is 418 g/mol. The van der Waals surface area contributed by atoms with Crippen molar-refractivity contribution in [2.45, 2.75) is 19.9 Å². The summed E-state index contributed by atoms with van der Waals surface area (Å²) in [4.78, 5) is 23.8. The zero-order valence-corrected chi connectivity index (χ0v) is 18.0. The van der Waals surface area contributed by atoms with Crippen LogP contribution in [0, 0.1) is 0 Å². The number of thiazole rings is 1. The van der Waals surface area contributed by atoms with E-state index < -0.39 is 0 Å². The number of aromatic nitrogens is 2. The molecule has 0 N–H and O–H groups in total. The quantitative estimate of drug-likeness (QED) is 0.382. The number of amides is 1. The van der Waals surface area contributed by atoms with Gasteiger partial charge in [-0.2, -0.15) is 0 Å². The Morgan fingerprint density at radius 3 is 2.63 bits per heavy atom. The molecule has 0 atom stereocenters. The lowest BCUT2D eigenvalue weighted by molar-refractivity contribution is -0.118. The van der Waals surface area contributed by atoms with Crippen molar-refractivity contribution in [3.8, 4) is 5.75 Å². The van der Waals surface area contributed by atoms with Gasteiger partial charge in [-0.25, -0.2) is 4.98 Å². The molecule has 0 bridgehead atoms. The van der Waals surface area contributed by atoms with Crippen molar-refractivity contribution in [2.24, 2.45) is 0 Å². The monoisotopic (exact) mass is 437 g/mol. The van der Waals surface area contributed by atoms with Gasteiger partial charge in [0.2, 0.25) is 5.91 Å². The van der Waals surface area contributed by atoms with E-state index in [1.165, 1.54) is 11.3 Å². The van der Waals surface area contributed by atoms with Crippen LogP contribution in [0.25, 0.3) is 10.2 Å². The van der Waals surface area contributed by atoms with E-state index in [1.807, 2.05) is 55.5 Å². The molecule has 2 aromatic heterocycles. The smallest absolute Gasteiger partial charge is 0.233 e. The summed E-state index contributed by atoms with van der Waals surface area (Å²) in [5, 5.41) is 1.20. The van der Waals surface area contributed by atoms with E-state index in [0.29, 0.717) is 28.8 Å². The van der Waals surface area contributed by atoms with Crippen LogP contribution in [0.4, 0.5) is 5.13 Å². The molecule has 0 saturated carbocycles. The fourth-order valence-electron chi connectivity index (χ4n) is 3.10. The van der Waals surface area contributed by atoms with Crippen LogP contribution in [0.1, 0.15) is 18.1 Å². The van der Waals surface area contributed by atoms with Gasteiger partial charge in [-0.05, 0) is 48.4 Å². The van der Waals surface area contributed by atoms with E-state index in [2.05, 4.69) is 9.97 Å². The summed E-state index contributed by atoms with van der Waals surface area (Å²) in [5.74, 6) is 0.750. The number of nitrogens with zero attached hydrogens (tertiary/aromatic N) is 3. The largest absolute Gasteiger partial charge is 0.494 e. The zero-order chi connectivity index (χ0) is 20.9. The molecule has 0 spiro atoms. The number of carbonyl (C=O) groups is 1. The fourth-order valence-corrected chi connectivity index (χ4v) is 4.38. The summed E-state index contributed by atoms with van der Waals surface area (Å²) in [7, 11) is 0. The Kier molecular flexibility index (Phi) is 6.26. The van der Waals surface area contributed by atoms with Crippen molar-refractivity contribution < 1.29 is 9.53 Å². The lowest BCUT2D eigenvalue weighted by atomic mass is 10.1. The maximum Gasteiger partial charge on any atom is 0.233 e. The predicted molar refractivity (Wildman–Crippen MR) is 121 cm³/mol. The number of halogens is 1. The number of rotatable bonds is 7. The highest BCUT2D eigenvalue weighted by molar-refractivity contribution is 7.22. The Balaban J connectivity index is 1.63. The van der Waals surface area contributed by atoms with E-state index in [1.54, 1.807) is 23.4 Å². The van der Waals surface area contributed by atoms with Gasteiger partial charge in [0.25, 0.3) is 0 Å². The molecule has 2 aromatic carbocycles. The highest BCUT2D eigenvalue weighted by Gasteiger charge is 2.21. The average Bonchev–Trinajstić information content (AvgIpc) is 3.20. The molecule has 1 amide bonds. The molecular formula is C23H20ClN3O2S. The molecule has 0 saturated heterocycles. The van der Waals surface area contributed by atoms with E-state index in [-0.39, 0.29) is 12.3 Å². The average molecular weight is 438 g/mol. The minimum atomic E-state index is -0.0433. The molecule has 0 fully saturated rings. The van der Waals surface area contributed by atoms with E-state index >= 15 is 0 Å². The minimum Gasteiger partial charge on any atom is -0.494 e. The second-order valence-electron chi connectivity index (χ2n) is 6.68. The molecule has 30 heavy (non-hydrogen) atoms. The molecule has 0 unspecified atom stereocenters. The maximum absolute atomic E-state index is 13.3. The topological polar surface area (TPSA) is 55.3 Å². The number of fused-ring (bicyclic) bond motifs is 1. The maximum atomic E-state index is 13.3. The summed E-state index contributed by atoms with van der Waals surface area (Å²) < 4.78 is 6.43. The predicted octanol–water partition coefficient (Wildman–Crippen LogP) is 5.52. The third-order valence-corrected chi connectivity index (χ3v) is 5.89. The molecule has 5 nitrogen and oxygen atoms in total. The zero-order valence-electron chi connectivity index (χ0n) is 16.4. The summed E-state index contributed by atoms with van der Waals surface area (Å²) >= 11 is 7.76. The number of carbonyl (C=O) groups excluding carboxylic acids is 1. The molecule has 152 valence electrons. The number of anilines is 1. The van der Waals surface area contributed by atoms with Gasteiger partial charge in [0, 0.05) is 12.4 Å². The fraction of sp³-hybridized carbons (Fsp3) is 0.174. The van der Waals surface area contributed by atoms with E-state index in [4.69, 9.17) is 16.3 Å². The van der Waals surface area contributed by atoms with Gasteiger partial charge < -0.3 is 4.74 Å². The second kappa shape index (κ2) is 9.24. The second-order valence-corrected chi connectivity index (χ2v) is 8.09. The van der Waals surface area contributed by atoms with Crippen LogP contribution in [0.5, 0.6) is 5.75 Å². The van der Waals surface area contributed by atoms with Gasteiger partial charge in [-0.3, -0.25) is 14.7 Å². The molecule has 4 aromatic rings. The van der Waals surface area contributed by atoms with Crippen LogP contribution >= 0.6 is 22.9 Å². The number of para-hydroxylation sites is 1. The SMILES string of the molecule is CCOc1ccc(CC(=O)N(Cc2cccnc2)c2nc3c(Cl)cccc3s2)cc1. The summed E-state index contributed by atoms with van der Waals surface area (Å²) in [6, 6.07) is 17.1. The van der Waals surface area contributed by atoms with Gasteiger partial charge >= 0.3 is 0 Å². The van der Waals surface area contributed by atoms with Crippen molar-refractivity contribution in [2.75, 3.05) is 11.5 Å². The summed E-state index contributed by atoms with van der Waals surface area (Å²) in [6.07, 6.45) is 3.74. The van der Waals surface area contributed by atoms with E-state index in [9.17, 15) is 4.79 Å². The Bertz CT molecular complexity index is 1150. The molecule has 7 heteroatoms. The summed E-state index contributed by atoms with van der Waals surface area (Å²) in [6.45, 7) is 2.94. The van der Waals surface area contributed by atoms with Crippen LogP contribution in [0.2, 0.25) is 5.02 Å². The number of hydrogen-bond acceptors (Lipinski definition) is 5. The van der Waals surface area contributed by atoms with Gasteiger partial charge in [0.1, 0.15) is 11.3 Å². The van der Waals surface area contributed by atoms with Crippen molar-refractivity contribution in [1.29, 1.82) is 0 Å². The number of benzene rings is 2. The molecule has 0 aliphatic carbocycles. The molecule has 2 heterocycles. The van der Waals surface area contributed by atoms with E-state index in [0.717, 1.165) is 21.6 Å². The molecule has 0 aliphatic heterocycles. The highest BCUT2D eigenvalue weighted by Crippen LogP contribution is 2.33. The van der Waals surface area contributed by atoms with Gasteiger partial charge in [-0.1, -0.05) is 47.2 Å². The number of ether oxygens (including phenoxy) is 1. The van der Waals surface area contributed by atoms with Crippen molar-refractivity contribution >= 4 is 44.2 Å². The van der Waals surface area contributed by atoms with Gasteiger partial charge in [0.15, 0.2) is 5.13 Å². The first kappa shape index (κ1) is 20.3. The Morgan fingerprint density at radius 1 is 1.10 bits per heavy atom. The first-order chi connectivity index (χ1) is 14.6. The van der Waals surface area contributed by atoms with Crippen molar-refractivity contribution in [3.63, 3.8) is 0 Å². The minimum absolute atomic E-state index is 0.0433. The van der Waals surface area contributed by atoms with Crippen LogP contribution in [-0.4, -0.2) is 22.5 Å². The highest BCUT2D eigenvalue weighted by atomic mass is 35.5. The van der Waals surface area contributed by atoms with Crippen molar-refractivity contribution in [3.05, 3.63) is 83.1 Å². The first-order valence-corrected chi connectivity index (χ1v) is 10.8. The third-order valence-electron chi connectivity index (χ3n) is 4.54. The number of hydrogen-bond donors (Lipinski definition) is 0. The van der Waals surface area contributed by atoms with Crippen LogP contribution in [0.15, 0.2) is 67.0 Å². The molecule has 0 aliphatic rings. The Hall–Kier alpha value is -2.96. The van der Waals surface area contributed by atoms with Crippen LogP contribution in [-0.2, 0) is 17.8 Å². The Labute approximate surface area is 183 Å². The first-order valence-electron chi connectivity index (χ1n) is 9.60.